The maximum Gasteiger partial charge on any atom is 0.266 e. The van der Waals surface area contributed by atoms with E-state index in [0.29, 0.717) is 5.39 Å². The van der Waals surface area contributed by atoms with Crippen LogP contribution in [-0.4, -0.2) is 14.5 Å². The Bertz CT molecular complexity index is 763. The fourth-order valence-electron chi connectivity index (χ4n) is 2.01. The van der Waals surface area contributed by atoms with Crippen LogP contribution < -0.4 is 5.56 Å². The van der Waals surface area contributed by atoms with Crippen LogP contribution in [0.1, 0.15) is 5.56 Å². The monoisotopic (exact) mass is 237 g/mol. The lowest BCUT2D eigenvalue weighted by Gasteiger charge is -2.07. The fourth-order valence-corrected chi connectivity index (χ4v) is 2.01. The molecule has 0 aliphatic heterocycles. The molecule has 0 N–H and O–H groups in total. The van der Waals surface area contributed by atoms with Gasteiger partial charge in [0, 0.05) is 6.20 Å². The van der Waals surface area contributed by atoms with Crippen molar-refractivity contribution in [1.29, 1.82) is 0 Å². The molecule has 18 heavy (non-hydrogen) atoms. The highest BCUT2D eigenvalue weighted by atomic mass is 16.1. The predicted octanol–water partition coefficient (Wildman–Crippen LogP) is 2.09. The molecule has 0 saturated heterocycles. The molecule has 4 nitrogen and oxygen atoms in total. The van der Waals surface area contributed by atoms with Crippen molar-refractivity contribution in [2.45, 2.75) is 6.92 Å². The zero-order valence-electron chi connectivity index (χ0n) is 9.87. The third-order valence-corrected chi connectivity index (χ3v) is 2.92. The summed E-state index contributed by atoms with van der Waals surface area (Å²) in [6.45, 7) is 1.92. The number of benzene rings is 1. The molecule has 0 amide bonds. The van der Waals surface area contributed by atoms with Crippen molar-refractivity contribution in [3.8, 4) is 5.69 Å². The van der Waals surface area contributed by atoms with Gasteiger partial charge >= 0.3 is 0 Å². The summed E-state index contributed by atoms with van der Waals surface area (Å²) in [6, 6.07) is 9.29. The zero-order valence-corrected chi connectivity index (χ0v) is 9.87. The maximum absolute atomic E-state index is 12.4. The van der Waals surface area contributed by atoms with Crippen LogP contribution in [-0.2, 0) is 0 Å². The van der Waals surface area contributed by atoms with Crippen molar-refractivity contribution in [2.24, 2.45) is 0 Å². The van der Waals surface area contributed by atoms with E-state index in [1.165, 1.54) is 4.57 Å². The Labute approximate surface area is 104 Å². The highest BCUT2D eigenvalue weighted by Crippen LogP contribution is 2.12. The number of rotatable bonds is 1. The van der Waals surface area contributed by atoms with Gasteiger partial charge in [-0.05, 0) is 30.7 Å². The first kappa shape index (κ1) is 10.7. The molecule has 88 valence electrons. The van der Waals surface area contributed by atoms with Crippen LogP contribution in [0.4, 0.5) is 0 Å². The molecule has 1 aromatic carbocycles. The van der Waals surface area contributed by atoms with Gasteiger partial charge in [0.05, 0.1) is 22.8 Å². The molecule has 0 spiro atoms. The van der Waals surface area contributed by atoms with Gasteiger partial charge in [0.25, 0.3) is 5.56 Å². The van der Waals surface area contributed by atoms with E-state index >= 15 is 0 Å². The fraction of sp³-hybridized carbons (Fsp3) is 0.0714. The molecule has 0 bridgehead atoms. The molecule has 2 aromatic heterocycles. The zero-order chi connectivity index (χ0) is 12.5. The first-order chi connectivity index (χ1) is 8.77. The average Bonchev–Trinajstić information content (AvgIpc) is 2.40. The van der Waals surface area contributed by atoms with Crippen molar-refractivity contribution < 1.29 is 0 Å². The Morgan fingerprint density at radius 1 is 1.17 bits per heavy atom. The summed E-state index contributed by atoms with van der Waals surface area (Å²) in [4.78, 5) is 20.8. The first-order valence-corrected chi connectivity index (χ1v) is 5.65. The van der Waals surface area contributed by atoms with Gasteiger partial charge in [0.15, 0.2) is 0 Å². The van der Waals surface area contributed by atoms with E-state index in [4.69, 9.17) is 0 Å². The van der Waals surface area contributed by atoms with Gasteiger partial charge in [0.2, 0.25) is 0 Å². The summed E-state index contributed by atoms with van der Waals surface area (Å²) in [5.74, 6) is 0. The predicted molar refractivity (Wildman–Crippen MR) is 69.9 cm³/mol. The van der Waals surface area contributed by atoms with Crippen LogP contribution >= 0.6 is 0 Å². The molecule has 4 heteroatoms. The third kappa shape index (κ3) is 1.59. The number of aromatic nitrogens is 3. The smallest absolute Gasteiger partial charge is 0.266 e. The minimum absolute atomic E-state index is 0.0638. The van der Waals surface area contributed by atoms with Crippen LogP contribution in [0.5, 0.6) is 0 Å². The van der Waals surface area contributed by atoms with E-state index in [2.05, 4.69) is 9.97 Å². The number of hydrogen-bond acceptors (Lipinski definition) is 3. The standard InChI is InChI=1S/C14H11N3O/c1-10-4-2-6-12-13(10)14(18)17(9-16-12)11-5-3-7-15-8-11/h2-9H,1H3. The topological polar surface area (TPSA) is 47.8 Å². The molecule has 0 unspecified atom stereocenters. The van der Waals surface area contributed by atoms with Crippen molar-refractivity contribution in [3.05, 3.63) is 65.0 Å². The van der Waals surface area contributed by atoms with Gasteiger partial charge in [0.1, 0.15) is 6.33 Å². The Balaban J connectivity index is 2.37. The highest BCUT2D eigenvalue weighted by molar-refractivity contribution is 5.81. The molecule has 0 atom stereocenters. The molecule has 3 rings (SSSR count). The minimum Gasteiger partial charge on any atom is -0.268 e. The van der Waals surface area contributed by atoms with Gasteiger partial charge in [-0.2, -0.15) is 0 Å². The number of hydrogen-bond donors (Lipinski definition) is 0. The third-order valence-electron chi connectivity index (χ3n) is 2.92. The summed E-state index contributed by atoms with van der Waals surface area (Å²) in [5, 5.41) is 0.656. The SMILES string of the molecule is Cc1cccc2ncn(-c3cccnc3)c(=O)c12. The van der Waals surface area contributed by atoms with Crippen LogP contribution in [0.2, 0.25) is 0 Å². The van der Waals surface area contributed by atoms with Gasteiger partial charge in [-0.3, -0.25) is 14.3 Å². The Morgan fingerprint density at radius 3 is 2.83 bits per heavy atom. The second-order valence-electron chi connectivity index (χ2n) is 4.10. The van der Waals surface area contributed by atoms with Gasteiger partial charge < -0.3 is 0 Å². The summed E-state index contributed by atoms with van der Waals surface area (Å²) in [7, 11) is 0. The van der Waals surface area contributed by atoms with E-state index in [1.807, 2.05) is 31.2 Å². The molecule has 0 aliphatic rings. The van der Waals surface area contributed by atoms with Crippen molar-refractivity contribution in [3.63, 3.8) is 0 Å². The quantitative estimate of drug-likeness (QED) is 0.651. The van der Waals surface area contributed by atoms with E-state index in [0.717, 1.165) is 16.8 Å². The Kier molecular flexibility index (Phi) is 2.41. The van der Waals surface area contributed by atoms with Crippen LogP contribution in [0.3, 0.4) is 0 Å². The molecular formula is C14H11N3O. The van der Waals surface area contributed by atoms with E-state index < -0.39 is 0 Å². The van der Waals surface area contributed by atoms with Gasteiger partial charge in [-0.1, -0.05) is 12.1 Å². The molecule has 0 radical (unpaired) electrons. The second kappa shape index (κ2) is 4.07. The Hall–Kier alpha value is -2.49. The van der Waals surface area contributed by atoms with Gasteiger partial charge in [-0.25, -0.2) is 4.98 Å². The normalized spacial score (nSPS) is 10.7. The lowest BCUT2D eigenvalue weighted by atomic mass is 10.1. The van der Waals surface area contributed by atoms with Crippen LogP contribution in [0, 0.1) is 6.92 Å². The van der Waals surface area contributed by atoms with E-state index in [1.54, 1.807) is 24.8 Å². The minimum atomic E-state index is -0.0638. The number of nitrogens with zero attached hydrogens (tertiary/aromatic N) is 3. The summed E-state index contributed by atoms with van der Waals surface area (Å²) in [5.41, 5.74) is 2.31. The second-order valence-corrected chi connectivity index (χ2v) is 4.10. The van der Waals surface area contributed by atoms with E-state index in [-0.39, 0.29) is 5.56 Å². The largest absolute Gasteiger partial charge is 0.268 e. The molecule has 0 saturated carbocycles. The average molecular weight is 237 g/mol. The van der Waals surface area contributed by atoms with E-state index in [9.17, 15) is 4.79 Å². The molecule has 2 heterocycles. The lowest BCUT2D eigenvalue weighted by molar-refractivity contribution is 0.952. The lowest BCUT2D eigenvalue weighted by Crippen LogP contribution is -2.19. The molecule has 3 aromatic rings. The van der Waals surface area contributed by atoms with Crippen molar-refractivity contribution in [1.82, 2.24) is 14.5 Å². The summed E-state index contributed by atoms with van der Waals surface area (Å²) in [6.07, 6.45) is 4.86. The van der Waals surface area contributed by atoms with Crippen LogP contribution in [0.25, 0.3) is 16.6 Å². The number of aryl methyl sites for hydroxylation is 1. The number of fused-ring (bicyclic) bond motifs is 1. The number of pyridine rings is 1. The Morgan fingerprint density at radius 2 is 2.06 bits per heavy atom. The summed E-state index contributed by atoms with van der Waals surface area (Å²) >= 11 is 0. The molecule has 0 fully saturated rings. The van der Waals surface area contributed by atoms with Crippen LogP contribution in [0.15, 0.2) is 53.8 Å². The maximum atomic E-state index is 12.4. The van der Waals surface area contributed by atoms with Gasteiger partial charge in [-0.15, -0.1) is 0 Å². The van der Waals surface area contributed by atoms with Crippen molar-refractivity contribution >= 4 is 10.9 Å². The van der Waals surface area contributed by atoms with Crippen molar-refractivity contribution in [2.75, 3.05) is 0 Å². The first-order valence-electron chi connectivity index (χ1n) is 5.65. The summed E-state index contributed by atoms with van der Waals surface area (Å²) < 4.78 is 1.52. The molecular weight excluding hydrogens is 226 g/mol. The molecule has 0 aliphatic carbocycles. The highest BCUT2D eigenvalue weighted by Gasteiger charge is 2.07.